The molecule has 1 heterocycles. The maximum absolute atomic E-state index is 12.7. The minimum atomic E-state index is -0.225. The first-order chi connectivity index (χ1) is 15.0. The number of aromatic nitrogens is 2. The predicted molar refractivity (Wildman–Crippen MR) is 121 cm³/mol. The van der Waals surface area contributed by atoms with Gasteiger partial charge in [-0.25, -0.2) is 4.98 Å². The van der Waals surface area contributed by atoms with Crippen LogP contribution in [0.1, 0.15) is 19.7 Å². The van der Waals surface area contributed by atoms with Crippen molar-refractivity contribution in [1.29, 1.82) is 0 Å². The van der Waals surface area contributed by atoms with Gasteiger partial charge in [0.15, 0.2) is 6.61 Å². The Kier molecular flexibility index (Phi) is 7.89. The molecule has 2 aromatic carbocycles. The molecule has 0 radical (unpaired) electrons. The van der Waals surface area contributed by atoms with E-state index in [1.54, 1.807) is 29.2 Å². The summed E-state index contributed by atoms with van der Waals surface area (Å²) in [7, 11) is 0. The molecule has 8 heteroatoms. The summed E-state index contributed by atoms with van der Waals surface area (Å²) < 4.78 is 7.40. The summed E-state index contributed by atoms with van der Waals surface area (Å²) in [5.41, 5.74) is 1.75. The number of likely N-dealkylation sites (N-methyl/N-ethyl adjacent to an activating group) is 1. The lowest BCUT2D eigenvalue weighted by Gasteiger charge is -2.20. The van der Waals surface area contributed by atoms with E-state index in [1.165, 1.54) is 0 Å². The Balaban J connectivity index is 1.60. The van der Waals surface area contributed by atoms with E-state index in [4.69, 9.17) is 16.3 Å². The first kappa shape index (κ1) is 22.6. The number of nitrogens with one attached hydrogen (secondary N) is 1. The molecule has 0 spiro atoms. The standard InChI is InChI=1S/C23H27ClN4O3/c1-3-27(4-2)23(30)15-28-20-8-6-5-7-19(20)26-21(28)13-14-25-22(29)16-31-18-11-9-17(24)10-12-18/h5-12H,3-4,13-16H2,1-2H3,(H,25,29). The van der Waals surface area contributed by atoms with Crippen molar-refractivity contribution in [3.05, 3.63) is 59.4 Å². The molecule has 3 rings (SSSR count). The molecule has 0 fully saturated rings. The molecule has 0 aliphatic carbocycles. The fourth-order valence-corrected chi connectivity index (χ4v) is 3.47. The Bertz CT molecular complexity index is 1030. The number of rotatable bonds is 10. The van der Waals surface area contributed by atoms with E-state index in [2.05, 4.69) is 10.3 Å². The Labute approximate surface area is 187 Å². The van der Waals surface area contributed by atoms with Crippen LogP contribution >= 0.6 is 11.6 Å². The fourth-order valence-electron chi connectivity index (χ4n) is 3.35. The number of halogens is 1. The van der Waals surface area contributed by atoms with Gasteiger partial charge in [-0.3, -0.25) is 9.59 Å². The normalized spacial score (nSPS) is 10.8. The number of carbonyl (C=O) groups excluding carboxylic acids is 2. The van der Waals surface area contributed by atoms with Crippen LogP contribution in [-0.4, -0.2) is 52.5 Å². The van der Waals surface area contributed by atoms with Crippen LogP contribution in [0.4, 0.5) is 0 Å². The smallest absolute Gasteiger partial charge is 0.257 e. The van der Waals surface area contributed by atoms with Gasteiger partial charge in [0.2, 0.25) is 5.91 Å². The number of carbonyl (C=O) groups is 2. The first-order valence-electron chi connectivity index (χ1n) is 10.4. The minimum absolute atomic E-state index is 0.0507. The summed E-state index contributed by atoms with van der Waals surface area (Å²) in [6, 6.07) is 14.6. The second-order valence-electron chi connectivity index (χ2n) is 7.01. The van der Waals surface area contributed by atoms with Crippen molar-refractivity contribution >= 4 is 34.4 Å². The van der Waals surface area contributed by atoms with Crippen molar-refractivity contribution in [2.75, 3.05) is 26.2 Å². The van der Waals surface area contributed by atoms with E-state index in [0.717, 1.165) is 16.9 Å². The zero-order valence-corrected chi connectivity index (χ0v) is 18.6. The summed E-state index contributed by atoms with van der Waals surface area (Å²) >= 11 is 5.84. The highest BCUT2D eigenvalue weighted by Crippen LogP contribution is 2.17. The van der Waals surface area contributed by atoms with Crippen LogP contribution in [0.25, 0.3) is 11.0 Å². The lowest BCUT2D eigenvalue weighted by Crippen LogP contribution is -2.34. The topological polar surface area (TPSA) is 76.5 Å². The highest BCUT2D eigenvalue weighted by atomic mass is 35.5. The van der Waals surface area contributed by atoms with Crippen LogP contribution in [0.2, 0.25) is 5.02 Å². The number of fused-ring (bicyclic) bond motifs is 1. The quantitative estimate of drug-likeness (QED) is 0.522. The Morgan fingerprint density at radius 2 is 1.81 bits per heavy atom. The van der Waals surface area contributed by atoms with E-state index in [-0.39, 0.29) is 25.0 Å². The fraction of sp³-hybridized carbons (Fsp3) is 0.348. The minimum Gasteiger partial charge on any atom is -0.484 e. The van der Waals surface area contributed by atoms with Gasteiger partial charge in [-0.15, -0.1) is 0 Å². The molecule has 0 aliphatic rings. The highest BCUT2D eigenvalue weighted by molar-refractivity contribution is 6.30. The second-order valence-corrected chi connectivity index (χ2v) is 7.45. The van der Waals surface area contributed by atoms with Gasteiger partial charge in [0.05, 0.1) is 11.0 Å². The molecule has 0 saturated carbocycles. The zero-order chi connectivity index (χ0) is 22.2. The first-order valence-corrected chi connectivity index (χ1v) is 10.8. The van der Waals surface area contributed by atoms with Crippen molar-refractivity contribution in [2.24, 2.45) is 0 Å². The third-order valence-electron chi connectivity index (χ3n) is 5.00. The highest BCUT2D eigenvalue weighted by Gasteiger charge is 2.16. The molecule has 0 unspecified atom stereocenters. The number of amides is 2. The summed E-state index contributed by atoms with van der Waals surface area (Å²) in [6.45, 7) is 5.81. The molecule has 0 aliphatic heterocycles. The third-order valence-corrected chi connectivity index (χ3v) is 5.25. The number of benzene rings is 2. The van der Waals surface area contributed by atoms with Gasteiger partial charge in [0, 0.05) is 31.1 Å². The second kappa shape index (κ2) is 10.8. The van der Waals surface area contributed by atoms with Crippen molar-refractivity contribution in [3.8, 4) is 5.75 Å². The number of hydrogen-bond donors (Lipinski definition) is 1. The molecular formula is C23H27ClN4O3. The Morgan fingerprint density at radius 3 is 2.52 bits per heavy atom. The van der Waals surface area contributed by atoms with Crippen molar-refractivity contribution < 1.29 is 14.3 Å². The number of nitrogens with zero attached hydrogens (tertiary/aromatic N) is 3. The van der Waals surface area contributed by atoms with Gasteiger partial charge < -0.3 is 19.5 Å². The molecule has 2 amide bonds. The van der Waals surface area contributed by atoms with E-state index in [0.29, 0.717) is 36.8 Å². The Morgan fingerprint density at radius 1 is 1.10 bits per heavy atom. The van der Waals surface area contributed by atoms with E-state index in [9.17, 15) is 9.59 Å². The largest absolute Gasteiger partial charge is 0.484 e. The molecule has 0 atom stereocenters. The molecule has 1 N–H and O–H groups in total. The van der Waals surface area contributed by atoms with Crippen molar-refractivity contribution in [2.45, 2.75) is 26.8 Å². The van der Waals surface area contributed by atoms with Gasteiger partial charge in [0.1, 0.15) is 18.1 Å². The molecular weight excluding hydrogens is 416 g/mol. The Hall–Kier alpha value is -3.06. The zero-order valence-electron chi connectivity index (χ0n) is 17.8. The molecule has 0 saturated heterocycles. The summed E-state index contributed by atoms with van der Waals surface area (Å²) in [5.74, 6) is 1.17. The molecule has 1 aromatic heterocycles. The SMILES string of the molecule is CCN(CC)C(=O)Cn1c(CCNC(=O)COc2ccc(Cl)cc2)nc2ccccc21. The molecule has 7 nitrogen and oxygen atoms in total. The van der Waals surface area contributed by atoms with E-state index in [1.807, 2.05) is 42.7 Å². The van der Waals surface area contributed by atoms with Gasteiger partial charge in [-0.05, 0) is 50.2 Å². The maximum atomic E-state index is 12.7. The molecule has 0 bridgehead atoms. The van der Waals surface area contributed by atoms with Gasteiger partial charge >= 0.3 is 0 Å². The average Bonchev–Trinajstić information content (AvgIpc) is 3.11. The van der Waals surface area contributed by atoms with Crippen LogP contribution < -0.4 is 10.1 Å². The number of ether oxygens (including phenoxy) is 1. The molecule has 164 valence electrons. The lowest BCUT2D eigenvalue weighted by molar-refractivity contribution is -0.131. The van der Waals surface area contributed by atoms with Gasteiger partial charge in [-0.1, -0.05) is 23.7 Å². The monoisotopic (exact) mass is 442 g/mol. The van der Waals surface area contributed by atoms with Crippen molar-refractivity contribution in [3.63, 3.8) is 0 Å². The van der Waals surface area contributed by atoms with Crippen molar-refractivity contribution in [1.82, 2.24) is 19.8 Å². The number of imidazole rings is 1. The predicted octanol–water partition coefficient (Wildman–Crippen LogP) is 3.30. The van der Waals surface area contributed by atoms with Crippen LogP contribution in [0, 0.1) is 0 Å². The molecule has 3 aromatic rings. The number of para-hydroxylation sites is 2. The van der Waals surface area contributed by atoms with Crippen LogP contribution in [0.5, 0.6) is 5.75 Å². The molecule has 31 heavy (non-hydrogen) atoms. The van der Waals surface area contributed by atoms with Crippen LogP contribution in [-0.2, 0) is 22.6 Å². The van der Waals surface area contributed by atoms with Crippen LogP contribution in [0.3, 0.4) is 0 Å². The van der Waals surface area contributed by atoms with E-state index >= 15 is 0 Å². The summed E-state index contributed by atoms with van der Waals surface area (Å²) in [4.78, 5) is 31.3. The third kappa shape index (κ3) is 5.98. The average molecular weight is 443 g/mol. The summed E-state index contributed by atoms with van der Waals surface area (Å²) in [6.07, 6.45) is 0.507. The number of hydrogen-bond acceptors (Lipinski definition) is 4. The summed E-state index contributed by atoms with van der Waals surface area (Å²) in [5, 5.41) is 3.45. The van der Waals surface area contributed by atoms with E-state index < -0.39 is 0 Å². The lowest BCUT2D eigenvalue weighted by atomic mass is 10.3. The van der Waals surface area contributed by atoms with Crippen LogP contribution in [0.15, 0.2) is 48.5 Å². The maximum Gasteiger partial charge on any atom is 0.257 e. The van der Waals surface area contributed by atoms with Gasteiger partial charge in [0.25, 0.3) is 5.91 Å². The van der Waals surface area contributed by atoms with Gasteiger partial charge in [-0.2, -0.15) is 0 Å².